The summed E-state index contributed by atoms with van der Waals surface area (Å²) in [4.78, 5) is 1.26. The van der Waals surface area contributed by atoms with Crippen molar-refractivity contribution in [1.82, 2.24) is 5.32 Å². The van der Waals surface area contributed by atoms with Crippen LogP contribution in [0.2, 0.25) is 0 Å². The van der Waals surface area contributed by atoms with Gasteiger partial charge in [-0.15, -0.1) is 11.3 Å². The van der Waals surface area contributed by atoms with Crippen molar-refractivity contribution in [3.05, 3.63) is 50.4 Å². The van der Waals surface area contributed by atoms with Crippen LogP contribution < -0.4 is 10.1 Å². The Kier molecular flexibility index (Phi) is 5.57. The van der Waals surface area contributed by atoms with Gasteiger partial charge in [0, 0.05) is 21.8 Å². The zero-order valence-corrected chi connectivity index (χ0v) is 13.9. The summed E-state index contributed by atoms with van der Waals surface area (Å²) >= 11 is 5.25. The first kappa shape index (κ1) is 15.5. The lowest BCUT2D eigenvalue weighted by molar-refractivity contribution is 0.385. The first-order valence-corrected chi connectivity index (χ1v) is 8.11. The molecule has 0 spiro atoms. The number of methoxy groups -OCH3 is 1. The fourth-order valence-corrected chi connectivity index (χ4v) is 3.67. The number of nitrogens with one attached hydrogen (secondary N) is 1. The standard InChI is InChI=1S/C15H17BrFNOS/c1-3-18-13(9-15-11(16)6-7-20-15)10-4-5-14(19-2)12(17)8-10/h4-8,13,18H,3,9H2,1-2H3. The van der Waals surface area contributed by atoms with Crippen molar-refractivity contribution in [2.24, 2.45) is 0 Å². The summed E-state index contributed by atoms with van der Waals surface area (Å²) in [6, 6.07) is 7.27. The largest absolute Gasteiger partial charge is 0.494 e. The van der Waals surface area contributed by atoms with Gasteiger partial charge in [-0.05, 0) is 51.6 Å². The van der Waals surface area contributed by atoms with Crippen LogP contribution >= 0.6 is 27.3 Å². The van der Waals surface area contributed by atoms with Crippen molar-refractivity contribution in [3.63, 3.8) is 0 Å². The van der Waals surface area contributed by atoms with E-state index in [1.807, 2.05) is 12.1 Å². The van der Waals surface area contributed by atoms with Crippen LogP contribution in [-0.4, -0.2) is 13.7 Å². The highest BCUT2D eigenvalue weighted by atomic mass is 79.9. The highest BCUT2D eigenvalue weighted by Crippen LogP contribution is 2.29. The summed E-state index contributed by atoms with van der Waals surface area (Å²) in [6.45, 7) is 2.89. The topological polar surface area (TPSA) is 21.3 Å². The molecule has 0 fully saturated rings. The van der Waals surface area contributed by atoms with Crippen molar-refractivity contribution >= 4 is 27.3 Å². The van der Waals surface area contributed by atoms with E-state index in [2.05, 4.69) is 33.6 Å². The molecule has 1 heterocycles. The van der Waals surface area contributed by atoms with Gasteiger partial charge in [0.25, 0.3) is 0 Å². The van der Waals surface area contributed by atoms with Crippen LogP contribution in [0.5, 0.6) is 5.75 Å². The molecule has 0 aliphatic carbocycles. The van der Waals surface area contributed by atoms with Gasteiger partial charge in [-0.3, -0.25) is 0 Å². The van der Waals surface area contributed by atoms with Crippen LogP contribution in [0.4, 0.5) is 4.39 Å². The molecule has 0 aliphatic heterocycles. The smallest absolute Gasteiger partial charge is 0.165 e. The molecule has 0 bridgehead atoms. The van der Waals surface area contributed by atoms with E-state index < -0.39 is 0 Å². The molecule has 0 radical (unpaired) electrons. The Hall–Kier alpha value is -0.910. The summed E-state index contributed by atoms with van der Waals surface area (Å²) < 4.78 is 19.9. The van der Waals surface area contributed by atoms with Gasteiger partial charge in [-0.1, -0.05) is 13.0 Å². The zero-order valence-electron chi connectivity index (χ0n) is 11.5. The Balaban J connectivity index is 2.24. The van der Waals surface area contributed by atoms with Crippen LogP contribution in [-0.2, 0) is 6.42 Å². The minimum atomic E-state index is -0.321. The Labute approximate surface area is 131 Å². The molecular formula is C15H17BrFNOS. The predicted octanol–water partition coefficient (Wildman–Crippen LogP) is 4.55. The molecule has 2 rings (SSSR count). The number of hydrogen-bond donors (Lipinski definition) is 1. The highest BCUT2D eigenvalue weighted by molar-refractivity contribution is 9.10. The van der Waals surface area contributed by atoms with Crippen LogP contribution in [0.3, 0.4) is 0 Å². The second-order valence-corrected chi connectivity index (χ2v) is 6.26. The molecule has 0 amide bonds. The second kappa shape index (κ2) is 7.20. The summed E-state index contributed by atoms with van der Waals surface area (Å²) in [6.07, 6.45) is 0.831. The van der Waals surface area contributed by atoms with E-state index in [0.29, 0.717) is 0 Å². The number of rotatable bonds is 6. The van der Waals surface area contributed by atoms with Gasteiger partial charge in [-0.2, -0.15) is 0 Å². The van der Waals surface area contributed by atoms with Crippen LogP contribution in [0, 0.1) is 5.82 Å². The first-order chi connectivity index (χ1) is 9.65. The molecule has 2 nitrogen and oxygen atoms in total. The molecule has 1 aromatic carbocycles. The Morgan fingerprint density at radius 1 is 1.40 bits per heavy atom. The third kappa shape index (κ3) is 3.59. The van der Waals surface area contributed by atoms with Crippen LogP contribution in [0.15, 0.2) is 34.1 Å². The van der Waals surface area contributed by atoms with Gasteiger partial charge >= 0.3 is 0 Å². The maximum absolute atomic E-state index is 13.8. The Morgan fingerprint density at radius 3 is 2.75 bits per heavy atom. The summed E-state index contributed by atoms with van der Waals surface area (Å²) in [5.41, 5.74) is 0.936. The van der Waals surface area contributed by atoms with Crippen molar-refractivity contribution in [2.45, 2.75) is 19.4 Å². The number of hydrogen-bond acceptors (Lipinski definition) is 3. The van der Waals surface area contributed by atoms with E-state index in [0.717, 1.165) is 23.0 Å². The summed E-state index contributed by atoms with van der Waals surface area (Å²) in [7, 11) is 1.47. The van der Waals surface area contributed by atoms with Crippen molar-refractivity contribution in [2.75, 3.05) is 13.7 Å². The van der Waals surface area contributed by atoms with Gasteiger partial charge < -0.3 is 10.1 Å². The molecule has 0 aliphatic rings. The number of benzene rings is 1. The molecule has 20 heavy (non-hydrogen) atoms. The lowest BCUT2D eigenvalue weighted by Gasteiger charge is -2.18. The molecular weight excluding hydrogens is 341 g/mol. The molecule has 1 unspecified atom stereocenters. The fraction of sp³-hybridized carbons (Fsp3) is 0.333. The second-order valence-electron chi connectivity index (χ2n) is 4.40. The maximum Gasteiger partial charge on any atom is 0.165 e. The highest BCUT2D eigenvalue weighted by Gasteiger charge is 2.15. The molecule has 5 heteroatoms. The van der Waals surface area contributed by atoms with Crippen molar-refractivity contribution in [3.8, 4) is 5.75 Å². The predicted molar refractivity (Wildman–Crippen MR) is 85.1 cm³/mol. The third-order valence-corrected chi connectivity index (χ3v) is 5.06. The summed E-state index contributed by atoms with van der Waals surface area (Å²) in [5.74, 6) is -0.0422. The molecule has 2 aromatic rings. The Bertz CT molecular complexity index is 573. The molecule has 1 N–H and O–H groups in total. The van der Waals surface area contributed by atoms with Gasteiger partial charge in [0.15, 0.2) is 11.6 Å². The first-order valence-electron chi connectivity index (χ1n) is 6.44. The van der Waals surface area contributed by atoms with Gasteiger partial charge in [-0.25, -0.2) is 4.39 Å². The Morgan fingerprint density at radius 2 is 2.20 bits per heavy atom. The molecule has 0 saturated carbocycles. The molecule has 108 valence electrons. The number of thiophene rings is 1. The lowest BCUT2D eigenvalue weighted by atomic mass is 10.0. The number of ether oxygens (including phenoxy) is 1. The maximum atomic E-state index is 13.8. The molecule has 0 saturated heterocycles. The van der Waals surface area contributed by atoms with Gasteiger partial charge in [0.05, 0.1) is 7.11 Å². The number of likely N-dealkylation sites (N-methyl/N-ethyl adjacent to an activating group) is 1. The van der Waals surface area contributed by atoms with E-state index in [4.69, 9.17) is 4.74 Å². The zero-order chi connectivity index (χ0) is 14.5. The van der Waals surface area contributed by atoms with E-state index in [-0.39, 0.29) is 17.6 Å². The van der Waals surface area contributed by atoms with Crippen molar-refractivity contribution in [1.29, 1.82) is 0 Å². The van der Waals surface area contributed by atoms with Gasteiger partial charge in [0.2, 0.25) is 0 Å². The average molecular weight is 358 g/mol. The normalized spacial score (nSPS) is 12.4. The van der Waals surface area contributed by atoms with Crippen LogP contribution in [0.1, 0.15) is 23.4 Å². The minimum Gasteiger partial charge on any atom is -0.494 e. The quantitative estimate of drug-likeness (QED) is 0.818. The number of halogens is 2. The lowest BCUT2D eigenvalue weighted by Crippen LogP contribution is -2.22. The van der Waals surface area contributed by atoms with E-state index >= 15 is 0 Å². The third-order valence-electron chi connectivity index (χ3n) is 3.11. The fourth-order valence-electron chi connectivity index (χ4n) is 2.11. The molecule has 1 atom stereocenters. The van der Waals surface area contributed by atoms with E-state index in [1.54, 1.807) is 23.5 Å². The van der Waals surface area contributed by atoms with E-state index in [9.17, 15) is 4.39 Å². The van der Waals surface area contributed by atoms with Gasteiger partial charge in [0.1, 0.15) is 0 Å². The van der Waals surface area contributed by atoms with Crippen LogP contribution in [0.25, 0.3) is 0 Å². The van der Waals surface area contributed by atoms with E-state index in [1.165, 1.54) is 12.0 Å². The SMILES string of the molecule is CCNC(Cc1sccc1Br)c1ccc(OC)c(F)c1. The minimum absolute atomic E-state index is 0.0929. The average Bonchev–Trinajstić information content (AvgIpc) is 2.84. The monoisotopic (exact) mass is 357 g/mol. The van der Waals surface area contributed by atoms with Crippen molar-refractivity contribution < 1.29 is 9.13 Å². The summed E-state index contributed by atoms with van der Waals surface area (Å²) in [5, 5.41) is 5.46. The molecule has 1 aromatic heterocycles.